The molecule has 3 heteroatoms. The van der Waals surface area contributed by atoms with Crippen molar-refractivity contribution >= 4 is 0 Å². The number of hydrogen-bond acceptors (Lipinski definition) is 2. The van der Waals surface area contributed by atoms with E-state index in [1.165, 1.54) is 18.9 Å². The molecule has 1 aliphatic heterocycles. The first-order valence-electron chi connectivity index (χ1n) is 6.03. The van der Waals surface area contributed by atoms with E-state index >= 15 is 0 Å². The molecule has 0 saturated carbocycles. The fourth-order valence-corrected chi connectivity index (χ4v) is 2.16. The summed E-state index contributed by atoms with van der Waals surface area (Å²) in [5.41, 5.74) is 1.01. The van der Waals surface area contributed by atoms with Crippen molar-refractivity contribution in [3.05, 3.63) is 35.6 Å². The second kappa shape index (κ2) is 5.97. The van der Waals surface area contributed by atoms with Crippen molar-refractivity contribution in [2.45, 2.75) is 31.8 Å². The molecule has 2 rings (SSSR count). The first-order valence-corrected chi connectivity index (χ1v) is 6.03. The van der Waals surface area contributed by atoms with Crippen LogP contribution in [0.25, 0.3) is 0 Å². The molecule has 0 aromatic heterocycles. The zero-order valence-corrected chi connectivity index (χ0v) is 9.51. The second-order valence-electron chi connectivity index (χ2n) is 4.39. The fraction of sp³-hybridized carbons (Fsp3) is 0.538. The lowest BCUT2D eigenvalue weighted by Crippen LogP contribution is -2.26. The third-order valence-electron chi connectivity index (χ3n) is 3.05. The highest BCUT2D eigenvalue weighted by Crippen LogP contribution is 2.08. The minimum Gasteiger partial charge on any atom is -0.314 e. The molecule has 1 heterocycles. The quantitative estimate of drug-likeness (QED) is 0.745. The van der Waals surface area contributed by atoms with Crippen LogP contribution in [0.5, 0.6) is 0 Å². The number of hydrogen-bond donors (Lipinski definition) is 2. The summed E-state index contributed by atoms with van der Waals surface area (Å²) in [4.78, 5) is 0. The monoisotopic (exact) mass is 222 g/mol. The third kappa shape index (κ3) is 3.58. The largest absolute Gasteiger partial charge is 0.314 e. The van der Waals surface area contributed by atoms with Gasteiger partial charge in [-0.05, 0) is 50.0 Å². The Hall–Kier alpha value is -0.930. The summed E-state index contributed by atoms with van der Waals surface area (Å²) in [5, 5.41) is 6.81. The van der Waals surface area contributed by atoms with Gasteiger partial charge in [0.1, 0.15) is 5.82 Å². The zero-order valence-electron chi connectivity index (χ0n) is 9.51. The average molecular weight is 222 g/mol. The molecule has 1 aliphatic rings. The van der Waals surface area contributed by atoms with Crippen molar-refractivity contribution in [1.29, 1.82) is 0 Å². The van der Waals surface area contributed by atoms with Crippen LogP contribution in [0.15, 0.2) is 24.3 Å². The van der Waals surface area contributed by atoms with E-state index in [4.69, 9.17) is 0 Å². The number of halogens is 1. The first kappa shape index (κ1) is 11.6. The molecule has 1 unspecified atom stereocenters. The van der Waals surface area contributed by atoms with Gasteiger partial charge in [0.2, 0.25) is 0 Å². The third-order valence-corrected chi connectivity index (χ3v) is 3.05. The Balaban J connectivity index is 1.64. The maximum atomic E-state index is 12.9. The molecule has 16 heavy (non-hydrogen) atoms. The molecule has 0 radical (unpaired) electrons. The highest BCUT2D eigenvalue weighted by Gasteiger charge is 2.12. The molecule has 0 amide bonds. The van der Waals surface area contributed by atoms with Gasteiger partial charge in [-0.3, -0.25) is 0 Å². The van der Waals surface area contributed by atoms with E-state index in [1.807, 2.05) is 6.07 Å². The van der Waals surface area contributed by atoms with Gasteiger partial charge < -0.3 is 10.6 Å². The highest BCUT2D eigenvalue weighted by molar-refractivity contribution is 5.15. The highest BCUT2D eigenvalue weighted by atomic mass is 19.1. The molecule has 0 bridgehead atoms. The summed E-state index contributed by atoms with van der Waals surface area (Å²) in [6.45, 7) is 2.91. The van der Waals surface area contributed by atoms with Gasteiger partial charge in [0.25, 0.3) is 0 Å². The maximum absolute atomic E-state index is 12.9. The average Bonchev–Trinajstić information content (AvgIpc) is 2.77. The van der Waals surface area contributed by atoms with Crippen molar-refractivity contribution in [3.8, 4) is 0 Å². The van der Waals surface area contributed by atoms with Gasteiger partial charge in [-0.15, -0.1) is 0 Å². The topological polar surface area (TPSA) is 24.1 Å². The van der Waals surface area contributed by atoms with Crippen LogP contribution in [0.3, 0.4) is 0 Å². The van der Waals surface area contributed by atoms with Crippen molar-refractivity contribution in [3.63, 3.8) is 0 Å². The molecular weight excluding hydrogens is 203 g/mol. The zero-order chi connectivity index (χ0) is 11.2. The molecule has 1 aromatic rings. The number of rotatable bonds is 5. The lowest BCUT2D eigenvalue weighted by Gasteiger charge is -2.10. The molecule has 1 fully saturated rings. The van der Waals surface area contributed by atoms with Gasteiger partial charge in [-0.1, -0.05) is 12.1 Å². The van der Waals surface area contributed by atoms with Crippen molar-refractivity contribution in [2.24, 2.45) is 0 Å². The summed E-state index contributed by atoms with van der Waals surface area (Å²) in [6.07, 6.45) is 3.76. The van der Waals surface area contributed by atoms with Crippen LogP contribution in [0.4, 0.5) is 4.39 Å². The lowest BCUT2D eigenvalue weighted by molar-refractivity contribution is 0.523. The molecule has 88 valence electrons. The second-order valence-corrected chi connectivity index (χ2v) is 4.39. The summed E-state index contributed by atoms with van der Waals surface area (Å²) in [6, 6.07) is 7.45. The standard InChI is InChI=1S/C13H19FN2/c14-12-4-1-3-11(9-12)10-15-8-6-13-5-2-7-16-13/h1,3-4,9,13,15-16H,2,5-8,10H2. The van der Waals surface area contributed by atoms with E-state index in [9.17, 15) is 4.39 Å². The fourth-order valence-electron chi connectivity index (χ4n) is 2.16. The smallest absolute Gasteiger partial charge is 0.123 e. The predicted octanol–water partition coefficient (Wildman–Crippen LogP) is 2.06. The Bertz CT molecular complexity index is 321. The normalized spacial score (nSPS) is 20.2. The Kier molecular flexibility index (Phi) is 4.31. The molecule has 0 spiro atoms. The summed E-state index contributed by atoms with van der Waals surface area (Å²) < 4.78 is 12.9. The van der Waals surface area contributed by atoms with Crippen LogP contribution in [-0.4, -0.2) is 19.1 Å². The molecule has 2 N–H and O–H groups in total. The van der Waals surface area contributed by atoms with E-state index < -0.39 is 0 Å². The summed E-state index contributed by atoms with van der Waals surface area (Å²) >= 11 is 0. The van der Waals surface area contributed by atoms with Crippen LogP contribution in [0.2, 0.25) is 0 Å². The summed E-state index contributed by atoms with van der Waals surface area (Å²) in [7, 11) is 0. The van der Waals surface area contributed by atoms with Gasteiger partial charge in [-0.2, -0.15) is 0 Å². The van der Waals surface area contributed by atoms with Crippen molar-refractivity contribution < 1.29 is 4.39 Å². The Labute approximate surface area is 96.2 Å². The van der Waals surface area contributed by atoms with Gasteiger partial charge >= 0.3 is 0 Å². The summed E-state index contributed by atoms with van der Waals surface area (Å²) in [5.74, 6) is -0.156. The number of benzene rings is 1. The minimum absolute atomic E-state index is 0.156. The van der Waals surface area contributed by atoms with Crippen LogP contribution >= 0.6 is 0 Å². The Morgan fingerprint density at radius 3 is 3.12 bits per heavy atom. The number of nitrogens with one attached hydrogen (secondary N) is 2. The van der Waals surface area contributed by atoms with E-state index in [0.717, 1.165) is 31.6 Å². The molecule has 1 atom stereocenters. The predicted molar refractivity (Wildman–Crippen MR) is 63.7 cm³/mol. The molecule has 1 saturated heterocycles. The van der Waals surface area contributed by atoms with Gasteiger partial charge in [-0.25, -0.2) is 4.39 Å². The maximum Gasteiger partial charge on any atom is 0.123 e. The van der Waals surface area contributed by atoms with Crippen LogP contribution in [-0.2, 0) is 6.54 Å². The SMILES string of the molecule is Fc1cccc(CNCCC2CCCN2)c1. The Morgan fingerprint density at radius 1 is 1.44 bits per heavy atom. The molecule has 0 aliphatic carbocycles. The van der Waals surface area contributed by atoms with Gasteiger partial charge in [0, 0.05) is 12.6 Å². The Morgan fingerprint density at radius 2 is 2.38 bits per heavy atom. The van der Waals surface area contributed by atoms with E-state index in [-0.39, 0.29) is 5.82 Å². The molecule has 1 aromatic carbocycles. The van der Waals surface area contributed by atoms with Crippen molar-refractivity contribution in [2.75, 3.05) is 13.1 Å². The van der Waals surface area contributed by atoms with Crippen LogP contribution in [0, 0.1) is 5.82 Å². The molecular formula is C13H19FN2. The first-order chi connectivity index (χ1) is 7.84. The van der Waals surface area contributed by atoms with E-state index in [0.29, 0.717) is 6.04 Å². The van der Waals surface area contributed by atoms with Gasteiger partial charge in [0.15, 0.2) is 0 Å². The van der Waals surface area contributed by atoms with Gasteiger partial charge in [0.05, 0.1) is 0 Å². The van der Waals surface area contributed by atoms with E-state index in [2.05, 4.69) is 10.6 Å². The van der Waals surface area contributed by atoms with Crippen LogP contribution < -0.4 is 10.6 Å². The molecule has 2 nitrogen and oxygen atoms in total. The van der Waals surface area contributed by atoms with E-state index in [1.54, 1.807) is 12.1 Å². The lowest BCUT2D eigenvalue weighted by atomic mass is 10.1. The minimum atomic E-state index is -0.156. The van der Waals surface area contributed by atoms with Crippen LogP contribution in [0.1, 0.15) is 24.8 Å². The van der Waals surface area contributed by atoms with Crippen molar-refractivity contribution in [1.82, 2.24) is 10.6 Å².